The Morgan fingerprint density at radius 2 is 0.594 bits per heavy atom. The molecule has 0 fully saturated rings. The average Bonchev–Trinajstić information content (AvgIpc) is 2.54. The number of nitrogens with zero attached hydrogens (tertiary/aromatic N) is 1. The fourth-order valence-electron chi connectivity index (χ4n) is 11.4. The third kappa shape index (κ3) is 79.4. The minimum absolute atomic E-state index is 0.0326. The zero-order valence-corrected chi connectivity index (χ0v) is 64.2. The summed E-state index contributed by atoms with van der Waals surface area (Å²) in [6.07, 6.45) is 109. The molecule has 0 radical (unpaired) electrons. The molecule has 96 heavy (non-hydrogen) atoms. The average molecular weight is 1360 g/mol. The highest BCUT2D eigenvalue weighted by atomic mass is 31.2. The second-order valence-corrected chi connectivity index (χ2v) is 29.5. The van der Waals surface area contributed by atoms with E-state index in [4.69, 9.17) is 18.5 Å². The number of rotatable bonds is 74. The van der Waals surface area contributed by atoms with Gasteiger partial charge in [-0.05, 0) is 109 Å². The zero-order valence-electron chi connectivity index (χ0n) is 63.3. The number of ether oxygens (including phenoxy) is 2. The first-order valence-electron chi connectivity index (χ1n) is 40.2. The van der Waals surface area contributed by atoms with Crippen molar-refractivity contribution in [3.8, 4) is 0 Å². The Labute approximate surface area is 594 Å². The Morgan fingerprint density at radius 1 is 0.333 bits per heavy atom. The second-order valence-electron chi connectivity index (χ2n) is 28.0. The SMILES string of the molecule is CC/C=C\C/C=C\C/C=C\C/C=C\C/C=C\C/C=C\C/C=C\C/C=C\CCCCCCCCCCCCCCCCCCC(=O)OC(COC(=O)CCCCCCCCCCCCCCCCCCCCC/C=C\C/C=C\CCCCCCC)COP(=O)([O-])OCC[N+](C)(C)C. The zero-order chi connectivity index (χ0) is 69.7. The minimum Gasteiger partial charge on any atom is -0.756 e. The number of carbonyl (C=O) groups excluding carboxylic acids is 2. The predicted molar refractivity (Wildman–Crippen MR) is 415 cm³/mol. The van der Waals surface area contributed by atoms with Gasteiger partial charge in [0.15, 0.2) is 6.10 Å². The maximum atomic E-state index is 12.9. The lowest BCUT2D eigenvalue weighted by atomic mass is 10.0. The molecule has 0 aromatic heterocycles. The van der Waals surface area contributed by atoms with E-state index in [-0.39, 0.29) is 32.0 Å². The van der Waals surface area contributed by atoms with Crippen molar-refractivity contribution < 1.29 is 42.1 Å². The van der Waals surface area contributed by atoms with Gasteiger partial charge in [0.1, 0.15) is 19.8 Å². The topological polar surface area (TPSA) is 111 Å². The first-order valence-corrected chi connectivity index (χ1v) is 41.7. The Hall–Kier alpha value is -3.59. The van der Waals surface area contributed by atoms with Crippen molar-refractivity contribution in [2.24, 2.45) is 0 Å². The summed E-state index contributed by atoms with van der Waals surface area (Å²) in [6, 6.07) is 0. The third-order valence-corrected chi connectivity index (χ3v) is 18.4. The number of phosphoric ester groups is 1. The van der Waals surface area contributed by atoms with Crippen LogP contribution in [0.15, 0.2) is 122 Å². The van der Waals surface area contributed by atoms with Crippen LogP contribution in [-0.2, 0) is 32.7 Å². The highest BCUT2D eigenvalue weighted by Crippen LogP contribution is 2.38. The van der Waals surface area contributed by atoms with E-state index in [0.717, 1.165) is 96.3 Å². The summed E-state index contributed by atoms with van der Waals surface area (Å²) < 4.78 is 34.4. The van der Waals surface area contributed by atoms with Gasteiger partial charge in [-0.1, -0.05) is 360 Å². The number of quaternary nitrogens is 1. The number of carbonyl (C=O) groups is 2. The smallest absolute Gasteiger partial charge is 0.306 e. The third-order valence-electron chi connectivity index (χ3n) is 17.5. The minimum atomic E-state index is -4.65. The van der Waals surface area contributed by atoms with Gasteiger partial charge < -0.3 is 27.9 Å². The molecule has 0 saturated heterocycles. The molecule has 0 aliphatic carbocycles. The van der Waals surface area contributed by atoms with Crippen LogP contribution in [0.2, 0.25) is 0 Å². The van der Waals surface area contributed by atoms with Crippen molar-refractivity contribution in [2.45, 2.75) is 367 Å². The summed E-state index contributed by atoms with van der Waals surface area (Å²) in [5.41, 5.74) is 0. The van der Waals surface area contributed by atoms with Crippen molar-refractivity contribution in [2.75, 3.05) is 47.5 Å². The Bertz CT molecular complexity index is 2040. The largest absolute Gasteiger partial charge is 0.756 e. The summed E-state index contributed by atoms with van der Waals surface area (Å²) in [4.78, 5) is 38.2. The molecule has 554 valence electrons. The van der Waals surface area contributed by atoms with E-state index in [1.54, 1.807) is 0 Å². The summed E-state index contributed by atoms with van der Waals surface area (Å²) >= 11 is 0. The number of hydrogen-bond acceptors (Lipinski definition) is 8. The highest BCUT2D eigenvalue weighted by molar-refractivity contribution is 7.45. The molecule has 0 aliphatic rings. The van der Waals surface area contributed by atoms with Gasteiger partial charge in [0, 0.05) is 12.8 Å². The number of allylic oxidation sites excluding steroid dienone is 20. The summed E-state index contributed by atoms with van der Waals surface area (Å²) in [6.45, 7) is 4.16. The van der Waals surface area contributed by atoms with E-state index in [2.05, 4.69) is 135 Å². The Kier molecular flexibility index (Phi) is 72.8. The second kappa shape index (κ2) is 75.6. The van der Waals surface area contributed by atoms with Crippen molar-refractivity contribution in [1.82, 2.24) is 0 Å². The molecule has 0 amide bonds. The lowest BCUT2D eigenvalue weighted by Crippen LogP contribution is -2.37. The maximum absolute atomic E-state index is 12.9. The van der Waals surface area contributed by atoms with Crippen LogP contribution in [0.5, 0.6) is 0 Å². The molecule has 0 aromatic rings. The van der Waals surface area contributed by atoms with Gasteiger partial charge >= 0.3 is 11.9 Å². The van der Waals surface area contributed by atoms with Crippen LogP contribution in [0.3, 0.4) is 0 Å². The molecule has 0 spiro atoms. The van der Waals surface area contributed by atoms with E-state index < -0.39 is 26.5 Å². The molecule has 0 rings (SSSR count). The molecule has 0 N–H and O–H groups in total. The molecule has 2 atom stereocenters. The maximum Gasteiger partial charge on any atom is 0.306 e. The van der Waals surface area contributed by atoms with Crippen molar-refractivity contribution in [3.63, 3.8) is 0 Å². The van der Waals surface area contributed by atoms with E-state index in [9.17, 15) is 19.0 Å². The van der Waals surface area contributed by atoms with Gasteiger partial charge in [-0.15, -0.1) is 0 Å². The molecule has 2 unspecified atom stereocenters. The standard InChI is InChI=1S/C86H152NO8P/c1-6-8-10-12-14-16-18-20-22-24-26-28-30-32-34-36-38-39-40-41-42-43-44-45-46-47-49-51-53-55-57-59-61-63-65-67-69-71-73-75-77-79-86(89)95-84(83-94-96(90,91)93-81-80-87(3,4)5)82-92-85(88)78-76-74-72-70-68-66-64-62-60-58-56-54-52-50-48-37-35-33-31-29-27-25-23-21-19-17-15-13-11-9-7-2/h8,10,14,16,19-22,25-28,32,34,38-39,41-42,44-45,84H,6-7,9,11-13,15,17-18,23-24,29-31,33,35-37,40,43,46-83H2,1-5H3/b10-8-,16-14-,21-19-,22-20-,27-25-,28-26-,34-32-,39-38-,42-41-,45-44-. The van der Waals surface area contributed by atoms with Gasteiger partial charge in [0.2, 0.25) is 0 Å². The molecule has 10 heteroatoms. The fourth-order valence-corrected chi connectivity index (χ4v) is 12.1. The number of unbranched alkanes of at least 4 members (excludes halogenated alkanes) is 40. The first-order chi connectivity index (χ1) is 47.0. The van der Waals surface area contributed by atoms with E-state index in [1.165, 1.54) is 231 Å². The van der Waals surface area contributed by atoms with Crippen LogP contribution >= 0.6 is 7.82 Å². The van der Waals surface area contributed by atoms with E-state index >= 15 is 0 Å². The quantitative estimate of drug-likeness (QED) is 0.0195. The van der Waals surface area contributed by atoms with Crippen LogP contribution in [-0.4, -0.2) is 70.0 Å². The first kappa shape index (κ1) is 92.4. The van der Waals surface area contributed by atoms with Gasteiger partial charge in [0.05, 0.1) is 27.7 Å². The van der Waals surface area contributed by atoms with Crippen LogP contribution < -0.4 is 4.89 Å². The lowest BCUT2D eigenvalue weighted by molar-refractivity contribution is -0.870. The van der Waals surface area contributed by atoms with Crippen LogP contribution in [0, 0.1) is 0 Å². The number of esters is 2. The number of phosphoric acid groups is 1. The molecular formula is C86H152NO8P. The molecule has 9 nitrogen and oxygen atoms in total. The molecule has 0 saturated carbocycles. The monoisotopic (exact) mass is 1360 g/mol. The van der Waals surface area contributed by atoms with Gasteiger partial charge in [-0.25, -0.2) is 0 Å². The molecule has 0 aromatic carbocycles. The molecule has 0 heterocycles. The van der Waals surface area contributed by atoms with Crippen molar-refractivity contribution in [3.05, 3.63) is 122 Å². The normalized spacial score (nSPS) is 13.7. The van der Waals surface area contributed by atoms with Gasteiger partial charge in [0.25, 0.3) is 7.82 Å². The van der Waals surface area contributed by atoms with E-state index in [1.807, 2.05) is 21.1 Å². The number of hydrogen-bond donors (Lipinski definition) is 0. The van der Waals surface area contributed by atoms with Crippen molar-refractivity contribution >= 4 is 19.8 Å². The Morgan fingerprint density at radius 3 is 0.885 bits per heavy atom. The predicted octanol–water partition coefficient (Wildman–Crippen LogP) is 26.3. The van der Waals surface area contributed by atoms with Crippen LogP contribution in [0.4, 0.5) is 0 Å². The Balaban J connectivity index is 3.97. The molecular weight excluding hydrogens is 1210 g/mol. The van der Waals surface area contributed by atoms with Crippen LogP contribution in [0.1, 0.15) is 361 Å². The van der Waals surface area contributed by atoms with Crippen LogP contribution in [0.25, 0.3) is 0 Å². The van der Waals surface area contributed by atoms with E-state index in [0.29, 0.717) is 17.4 Å². The highest BCUT2D eigenvalue weighted by Gasteiger charge is 2.22. The number of likely N-dealkylation sites (N-methyl/N-ethyl adjacent to an activating group) is 1. The molecule has 0 bridgehead atoms. The summed E-state index contributed by atoms with van der Waals surface area (Å²) in [7, 11) is 1.17. The van der Waals surface area contributed by atoms with Gasteiger partial charge in [-0.3, -0.25) is 14.2 Å². The summed E-state index contributed by atoms with van der Waals surface area (Å²) in [5, 5.41) is 0. The fraction of sp³-hybridized carbons (Fsp3) is 0.744. The lowest BCUT2D eigenvalue weighted by Gasteiger charge is -2.28. The van der Waals surface area contributed by atoms with Crippen molar-refractivity contribution in [1.29, 1.82) is 0 Å². The van der Waals surface area contributed by atoms with Gasteiger partial charge in [-0.2, -0.15) is 0 Å². The molecule has 0 aliphatic heterocycles. The summed E-state index contributed by atoms with van der Waals surface area (Å²) in [5.74, 6) is -0.821.